The smallest absolute Gasteiger partial charge is 0.744 e. The maximum Gasteiger partial charge on any atom is 1.00 e. The van der Waals surface area contributed by atoms with Crippen molar-refractivity contribution in [2.45, 2.75) is 63.4 Å². The van der Waals surface area contributed by atoms with E-state index >= 15 is 0 Å². The van der Waals surface area contributed by atoms with E-state index in [-0.39, 0.29) is 254 Å². The standard InChI is InChI=1S/C34H24F2N8O18S5.C29H22F2N8O16S5.9Li/c1-14(45)28(43-42-22-11-15(5-10-25(22)65(50,51)52)37-27-13-26(35)39-34(36)40-27)33(47)38-20-8-7-17-19(32(20)67(56,57)58)12-24(64-62-60-49)29(30(17)46)44-41-21-9-6-16-18(31(21)66(53,54)55)3-2-4-23(16)63-61-59-48;30-27-16-7-12-9-20(58(44,45)46)18(11-17(12)33-28(16)35-29(31)34-27)37-38-24-19(56-55-54-41)8-13-10-21(59(47,48)49)25(23(32)22(13)26(24)40)39-36-14-1-3-15(4-2-14)57(42,43)6-5-53-60(50,51)52;;;;;;;;;/h2-13,28,46,48-49H,1H3,(H,38,47)(H,37,39,40)(H,50,51,52)(H,53,54,55)(H,56,57,58);1-4,8-11,40-41H,5-7,32H2,(H,33,34,35)(H,44,45,46)(H,47,48,49)(H,50,51,52);;;;;;;;;/q;;9*+1/p-9. The second-order valence-corrected chi connectivity index (χ2v) is 36.6. The van der Waals surface area contributed by atoms with Gasteiger partial charge in [0.05, 0.1) is 116 Å². The zero-order chi connectivity index (χ0) is 93.0. The molecule has 1 aliphatic rings. The molecule has 1 unspecified atom stereocenters. The van der Waals surface area contributed by atoms with Gasteiger partial charge in [0.15, 0.2) is 27.1 Å². The Morgan fingerprint density at radius 3 is 1.65 bits per heavy atom. The molecule has 0 saturated heterocycles. The molecular formula is C63H37F4Li9N16O34S10. The zero-order valence-electron chi connectivity index (χ0n) is 70.2. The molecular weight excluding hydrogens is 1980 g/mol. The Morgan fingerprint density at radius 1 is 0.529 bits per heavy atom. The number of fused-ring (bicyclic) bond motifs is 5. The first-order valence-corrected chi connectivity index (χ1v) is 45.1. The number of sulfone groups is 1. The summed E-state index contributed by atoms with van der Waals surface area (Å²) >= 11 is 0.371. The van der Waals surface area contributed by atoms with Gasteiger partial charge < -0.3 is 75.0 Å². The molecule has 0 fully saturated rings. The van der Waals surface area contributed by atoms with Gasteiger partial charge in [-0.1, -0.05) is 18.2 Å². The Balaban J connectivity index is 0.000000867. The summed E-state index contributed by atoms with van der Waals surface area (Å²) in [4.78, 5) is 32.1. The summed E-state index contributed by atoms with van der Waals surface area (Å²) in [6.45, 7) is -0.192. The van der Waals surface area contributed by atoms with Crippen LogP contribution in [0.4, 0.5) is 91.8 Å². The average molecular weight is 2020 g/mol. The molecule has 2 aromatic heterocycles. The third-order valence-corrected chi connectivity index (χ3v) is 25.1. The summed E-state index contributed by atoms with van der Waals surface area (Å²) in [5.41, 5.74) is -0.475. The summed E-state index contributed by atoms with van der Waals surface area (Å²) < 4.78 is 315. The molecule has 0 spiro atoms. The van der Waals surface area contributed by atoms with Crippen LogP contribution < -0.4 is 207 Å². The van der Waals surface area contributed by atoms with E-state index in [1.165, 1.54) is 24.3 Å². The Bertz CT molecular complexity index is 7380. The van der Waals surface area contributed by atoms with Gasteiger partial charge in [-0.05, 0) is 120 Å². The second kappa shape index (κ2) is 52.0. The number of amides is 1. The van der Waals surface area contributed by atoms with Gasteiger partial charge in [-0.25, -0.2) is 58.9 Å². The van der Waals surface area contributed by atoms with Crippen molar-refractivity contribution in [3.8, 4) is 11.5 Å². The van der Waals surface area contributed by atoms with E-state index < -0.39 is 245 Å². The first-order chi connectivity index (χ1) is 59.5. The molecule has 1 amide bonds. The molecule has 3 heterocycles. The van der Waals surface area contributed by atoms with Gasteiger partial charge in [0, 0.05) is 44.9 Å². The quantitative estimate of drug-likeness (QED) is 0.00185. The predicted molar refractivity (Wildman–Crippen MR) is 404 cm³/mol. The Morgan fingerprint density at radius 2 is 1.08 bits per heavy atom. The Labute approximate surface area is 883 Å². The topological polar surface area (TPSA) is 798 Å². The first-order valence-electron chi connectivity index (χ1n) is 32.9. The molecule has 136 heavy (non-hydrogen) atoms. The summed E-state index contributed by atoms with van der Waals surface area (Å²) in [7, 11) is -36.7. The fourth-order valence-electron chi connectivity index (χ4n) is 11.4. The van der Waals surface area contributed by atoms with E-state index in [9.17, 15) is 139 Å². The summed E-state index contributed by atoms with van der Waals surface area (Å²) in [5, 5.41) is 99.2. The molecule has 0 radical (unpaired) electrons. The normalized spacial score (nSPS) is 12.3. The number of Topliss-reactive ketones (excluding diaryl/α,β-unsaturated/α-hetero) is 1. The molecule has 0 bridgehead atoms. The number of aromatic hydroxyl groups is 2. The van der Waals surface area contributed by atoms with Crippen LogP contribution in [0.5, 0.6) is 11.5 Å². The molecule has 1 atom stereocenters. The van der Waals surface area contributed by atoms with Crippen LogP contribution in [0.2, 0.25) is 0 Å². The number of rotatable bonds is 32. The third kappa shape index (κ3) is 31.1. The van der Waals surface area contributed by atoms with Crippen molar-refractivity contribution in [1.29, 1.82) is 0 Å². The molecule has 50 nitrogen and oxygen atoms in total. The number of hydrogen-bond acceptors (Lipinski definition) is 52. The largest absolute Gasteiger partial charge is 1.00 e. The SMILES string of the molecule is CC(=O)C(N=Nc1cc(Nc2cc(F)nc(F)n2)ccc1S(=O)(=O)[O-])C(=O)Nc1ccc2c(O)c(N=Nc3ccc4c(SOO[O-])cccc4c3S(=O)(=O)[O-])c(SOO[O-])cc2c1S(=O)(=O)[O-].Nc1c(N=Nc2ccc(S(=O)(=O)CCOS(=O)(=O)[O-])cc2)c(S(=O)(=O)[O-])cc2cc(SOO[O-])c(N=Nc3cc4c(cc3S(=O)(=O)[O-])Cc3c(F)nc(F)nc3N4)c(O)c12.[Li+].[Li+].[Li+].[Li+].[Li+].[Li+].[Li+].[Li+].[Li+]. The number of nitrogens with one attached hydrogen (secondary N) is 3. The minimum Gasteiger partial charge on any atom is -0.744 e. The van der Waals surface area contributed by atoms with Crippen molar-refractivity contribution < 1.29 is 341 Å². The van der Waals surface area contributed by atoms with Crippen molar-refractivity contribution in [2.24, 2.45) is 40.9 Å². The number of azo groups is 4. The number of benzene rings is 9. The molecule has 0 aliphatic carbocycles. The average Bonchev–Trinajstić information content (AvgIpc) is 0.744. The number of halogens is 4. The molecule has 9 aromatic carbocycles. The summed E-state index contributed by atoms with van der Waals surface area (Å²) in [5.74, 6) is -8.98. The van der Waals surface area contributed by atoms with Crippen LogP contribution in [0.1, 0.15) is 18.1 Å². The minimum absolute atomic E-state index is 0. The predicted octanol–water partition coefficient (Wildman–Crippen LogP) is -20.2. The van der Waals surface area contributed by atoms with Gasteiger partial charge in [0.25, 0.3) is 5.91 Å². The van der Waals surface area contributed by atoms with Crippen molar-refractivity contribution in [3.05, 3.63) is 157 Å². The number of carbonyl (C=O) groups excluding carboxylic acids is 2. The number of ketones is 1. The Kier molecular flexibility index (Phi) is 48.1. The molecule has 670 valence electrons. The third-order valence-electron chi connectivity index (χ3n) is 16.6. The van der Waals surface area contributed by atoms with Crippen LogP contribution >= 0.6 is 36.1 Å². The minimum atomic E-state index is -5.75. The van der Waals surface area contributed by atoms with Gasteiger partial charge in [0.1, 0.15) is 96.4 Å². The van der Waals surface area contributed by atoms with Gasteiger partial charge >= 0.3 is 182 Å². The molecule has 1 aliphatic heterocycles. The first kappa shape index (κ1) is 126. The molecule has 7 N–H and O–H groups in total. The number of carbonyl (C=O) groups is 2. The molecule has 0 saturated carbocycles. The Hall–Kier alpha value is -6.38. The molecule has 12 rings (SSSR count). The summed E-state index contributed by atoms with van der Waals surface area (Å²) in [6.07, 6.45) is -3.32. The summed E-state index contributed by atoms with van der Waals surface area (Å²) in [6, 6.07) is 16.9. The van der Waals surface area contributed by atoms with Gasteiger partial charge in [0.2, 0.25) is 28.3 Å². The van der Waals surface area contributed by atoms with Crippen LogP contribution in [0, 0.1) is 24.1 Å². The van der Waals surface area contributed by atoms with Crippen LogP contribution in [-0.2, 0) is 119 Å². The van der Waals surface area contributed by atoms with Crippen molar-refractivity contribution in [1.82, 2.24) is 19.9 Å². The fourth-order valence-corrected chi connectivity index (χ4v) is 17.9. The van der Waals surface area contributed by atoms with Gasteiger partial charge in [-0.2, -0.15) is 65.8 Å². The van der Waals surface area contributed by atoms with Crippen molar-refractivity contribution in [3.63, 3.8) is 0 Å². The van der Waals surface area contributed by atoms with E-state index in [1.54, 1.807) is 0 Å². The number of hydrogen-bond donors (Lipinski definition) is 6. The number of nitrogen functional groups attached to an aromatic ring is 1. The fraction of sp³-hybridized carbons (Fsp3) is 0.0794. The van der Waals surface area contributed by atoms with E-state index in [0.717, 1.165) is 85.8 Å². The van der Waals surface area contributed by atoms with Crippen molar-refractivity contribution in [2.75, 3.05) is 34.0 Å². The van der Waals surface area contributed by atoms with Gasteiger partial charge in [-0.3, -0.25) is 28.9 Å². The maximum absolute atomic E-state index is 14.4. The second-order valence-electron chi connectivity index (χ2n) is 24.5. The van der Waals surface area contributed by atoms with E-state index in [1.807, 2.05) is 5.32 Å². The van der Waals surface area contributed by atoms with Crippen LogP contribution in [0.25, 0.3) is 32.3 Å². The van der Waals surface area contributed by atoms with E-state index in [4.69, 9.17) is 5.73 Å². The monoisotopic (exact) mass is 2020 g/mol. The number of aromatic nitrogens is 4. The maximum atomic E-state index is 14.4. The van der Waals surface area contributed by atoms with Crippen LogP contribution in [0.15, 0.2) is 206 Å². The van der Waals surface area contributed by atoms with Crippen molar-refractivity contribution >= 4 is 225 Å². The molecule has 11 aromatic rings. The number of anilines is 6. The van der Waals surface area contributed by atoms with E-state index in [2.05, 4.69) is 104 Å². The molecule has 73 heteroatoms. The number of phenolic OH excluding ortho intramolecular Hbond substituents is 2. The van der Waals surface area contributed by atoms with E-state index in [0.29, 0.717) is 30.2 Å². The number of nitrogens with two attached hydrogens (primary N) is 1. The number of nitrogens with zero attached hydrogens (tertiary/aromatic N) is 12. The van der Waals surface area contributed by atoms with Crippen LogP contribution in [-0.4, -0.2) is 146 Å². The van der Waals surface area contributed by atoms with Crippen LogP contribution in [0.3, 0.4) is 0 Å². The number of phenols is 2. The zero-order valence-corrected chi connectivity index (χ0v) is 78.4. The van der Waals surface area contributed by atoms with Gasteiger partial charge in [-0.15, -0.1) is 25.6 Å².